The first-order valence-electron chi connectivity index (χ1n) is 7.22. The Labute approximate surface area is 126 Å². The molecule has 1 aromatic carbocycles. The van der Waals surface area contributed by atoms with Crippen LogP contribution in [0, 0.1) is 16.7 Å². The average Bonchev–Trinajstić information content (AvgIpc) is 2.91. The number of rotatable bonds is 1. The second kappa shape index (κ2) is 4.01. The van der Waals surface area contributed by atoms with Gasteiger partial charge in [0.05, 0.1) is 0 Å². The summed E-state index contributed by atoms with van der Waals surface area (Å²) in [5, 5.41) is 0. The molecule has 4 rings (SSSR count). The van der Waals surface area contributed by atoms with Crippen LogP contribution in [0.3, 0.4) is 0 Å². The van der Waals surface area contributed by atoms with Gasteiger partial charge >= 0.3 is 127 Å². The van der Waals surface area contributed by atoms with Gasteiger partial charge in [0.25, 0.3) is 0 Å². The SMILES string of the molecule is CC1(C)C2CCC13C[Te](Br)(c1ccccc1)OC3C2. The summed E-state index contributed by atoms with van der Waals surface area (Å²) in [5.41, 5.74) is 0.950. The predicted octanol–water partition coefficient (Wildman–Crippen LogP) is 3.96. The maximum absolute atomic E-state index is 6.73. The first kappa shape index (κ1) is 13.1. The molecule has 1 spiro atoms. The van der Waals surface area contributed by atoms with Gasteiger partial charge in [-0.05, 0) is 0 Å². The van der Waals surface area contributed by atoms with Gasteiger partial charge in [0.1, 0.15) is 0 Å². The van der Waals surface area contributed by atoms with E-state index in [0.29, 0.717) is 16.9 Å². The molecule has 4 unspecified atom stereocenters. The molecular formula is C16H21BrOTe. The zero-order valence-electron chi connectivity index (χ0n) is 11.6. The van der Waals surface area contributed by atoms with Crippen molar-refractivity contribution in [1.29, 1.82) is 0 Å². The van der Waals surface area contributed by atoms with E-state index >= 15 is 0 Å². The van der Waals surface area contributed by atoms with Gasteiger partial charge < -0.3 is 0 Å². The summed E-state index contributed by atoms with van der Waals surface area (Å²) in [4.78, 5) is 0. The molecule has 0 amide bonds. The number of fused-ring (bicyclic) bond motifs is 1. The van der Waals surface area contributed by atoms with Gasteiger partial charge in [-0.3, -0.25) is 0 Å². The van der Waals surface area contributed by atoms with Crippen molar-refractivity contribution < 1.29 is 3.10 Å². The van der Waals surface area contributed by atoms with Crippen molar-refractivity contribution in [3.05, 3.63) is 30.3 Å². The van der Waals surface area contributed by atoms with Gasteiger partial charge in [-0.15, -0.1) is 0 Å². The Morgan fingerprint density at radius 3 is 2.63 bits per heavy atom. The van der Waals surface area contributed by atoms with Crippen molar-refractivity contribution in [3.63, 3.8) is 0 Å². The van der Waals surface area contributed by atoms with Crippen molar-refractivity contribution in [2.75, 3.05) is 0 Å². The van der Waals surface area contributed by atoms with Crippen LogP contribution in [0.1, 0.15) is 33.1 Å². The molecule has 2 bridgehead atoms. The van der Waals surface area contributed by atoms with Gasteiger partial charge in [0.2, 0.25) is 0 Å². The number of hydrogen-bond acceptors (Lipinski definition) is 1. The van der Waals surface area contributed by atoms with Gasteiger partial charge in [-0.25, -0.2) is 0 Å². The van der Waals surface area contributed by atoms with Crippen LogP contribution in [0.15, 0.2) is 30.3 Å². The van der Waals surface area contributed by atoms with Crippen molar-refractivity contribution in [2.45, 2.75) is 43.7 Å². The van der Waals surface area contributed by atoms with Crippen LogP contribution in [0.25, 0.3) is 0 Å². The number of hydrogen-bond donors (Lipinski definition) is 0. The van der Waals surface area contributed by atoms with E-state index in [0.717, 1.165) is 5.92 Å². The zero-order chi connectivity index (χ0) is 13.3. The van der Waals surface area contributed by atoms with Crippen LogP contribution >= 0.6 is 12.8 Å². The Morgan fingerprint density at radius 2 is 2.00 bits per heavy atom. The molecule has 1 saturated heterocycles. The Bertz CT molecular complexity index is 517. The van der Waals surface area contributed by atoms with Crippen LogP contribution in [0.2, 0.25) is 4.47 Å². The summed E-state index contributed by atoms with van der Waals surface area (Å²) >= 11 is 1.62. The average molecular weight is 437 g/mol. The van der Waals surface area contributed by atoms with E-state index in [-0.39, 0.29) is 0 Å². The van der Waals surface area contributed by atoms with Crippen molar-refractivity contribution in [2.24, 2.45) is 16.7 Å². The molecule has 4 atom stereocenters. The van der Waals surface area contributed by atoms with Gasteiger partial charge in [0.15, 0.2) is 0 Å². The van der Waals surface area contributed by atoms with Gasteiger partial charge in [-0.1, -0.05) is 0 Å². The summed E-state index contributed by atoms with van der Waals surface area (Å²) in [6.45, 7) is 5.00. The molecule has 3 aliphatic rings. The third kappa shape index (κ3) is 1.57. The van der Waals surface area contributed by atoms with Crippen LogP contribution in [-0.4, -0.2) is 22.5 Å². The minimum absolute atomic E-state index is 0.470. The summed E-state index contributed by atoms with van der Waals surface area (Å²) in [5.74, 6) is 0.896. The van der Waals surface area contributed by atoms with E-state index < -0.39 is 16.4 Å². The van der Waals surface area contributed by atoms with Crippen molar-refractivity contribution in [3.8, 4) is 0 Å². The molecule has 2 aliphatic carbocycles. The Balaban J connectivity index is 1.75. The van der Waals surface area contributed by atoms with E-state index in [1.807, 2.05) is 0 Å². The predicted molar refractivity (Wildman–Crippen MR) is 84.0 cm³/mol. The molecule has 1 nitrogen and oxygen atoms in total. The van der Waals surface area contributed by atoms with E-state index in [2.05, 4.69) is 56.9 Å². The van der Waals surface area contributed by atoms with Crippen molar-refractivity contribution in [1.82, 2.24) is 0 Å². The standard InChI is InChI=1S/C16H21BrOTe/c1-15(2)12-8-9-16(15)11-19(17,18-14(16)10-12)13-6-4-3-5-7-13/h3-7,12,14H,8-11H2,1-2H3. The van der Waals surface area contributed by atoms with Crippen LogP contribution in [0.5, 0.6) is 0 Å². The monoisotopic (exact) mass is 438 g/mol. The molecule has 1 aromatic rings. The molecule has 0 radical (unpaired) electrons. The normalized spacial score (nSPS) is 49.8. The third-order valence-electron chi connectivity index (χ3n) is 6.16. The summed E-state index contributed by atoms with van der Waals surface area (Å²) in [6, 6.07) is 11.0. The fraction of sp³-hybridized carbons (Fsp3) is 0.625. The van der Waals surface area contributed by atoms with Gasteiger partial charge in [-0.2, -0.15) is 0 Å². The molecule has 3 fully saturated rings. The Kier molecular flexibility index (Phi) is 2.77. The summed E-state index contributed by atoms with van der Waals surface area (Å²) < 4.78 is 9.51. The quantitative estimate of drug-likeness (QED) is 0.606. The molecule has 1 heterocycles. The molecule has 1 aliphatic heterocycles. The summed E-state index contributed by atoms with van der Waals surface area (Å²) in [7, 11) is 0. The zero-order valence-corrected chi connectivity index (χ0v) is 15.5. The summed E-state index contributed by atoms with van der Waals surface area (Å²) in [6.07, 6.45) is 4.65. The first-order chi connectivity index (χ1) is 8.98. The van der Waals surface area contributed by atoms with Crippen molar-refractivity contribution >= 4 is 32.8 Å². The Morgan fingerprint density at radius 1 is 1.26 bits per heavy atom. The second-order valence-electron chi connectivity index (χ2n) is 6.99. The van der Waals surface area contributed by atoms with Crippen LogP contribution < -0.4 is 3.61 Å². The van der Waals surface area contributed by atoms with Crippen LogP contribution in [0.4, 0.5) is 0 Å². The third-order valence-corrected chi connectivity index (χ3v) is 18.1. The molecule has 0 N–H and O–H groups in total. The molecular weight excluding hydrogens is 416 g/mol. The fourth-order valence-corrected chi connectivity index (χ4v) is 18.5. The molecule has 19 heavy (non-hydrogen) atoms. The molecule has 3 heteroatoms. The van der Waals surface area contributed by atoms with Crippen LogP contribution in [-0.2, 0) is 3.10 Å². The topological polar surface area (TPSA) is 9.23 Å². The Hall–Kier alpha value is 0.450. The first-order valence-corrected chi connectivity index (χ1v) is 16.2. The maximum atomic E-state index is 6.73. The van der Waals surface area contributed by atoms with E-state index in [1.165, 1.54) is 27.3 Å². The number of halogens is 1. The molecule has 104 valence electrons. The molecule has 0 aromatic heterocycles. The minimum atomic E-state index is -2.51. The van der Waals surface area contributed by atoms with E-state index in [1.54, 1.807) is 0 Å². The van der Waals surface area contributed by atoms with Gasteiger partial charge in [0, 0.05) is 0 Å². The van der Waals surface area contributed by atoms with E-state index in [4.69, 9.17) is 3.10 Å². The number of benzene rings is 1. The second-order valence-corrected chi connectivity index (χ2v) is 20.1. The van der Waals surface area contributed by atoms with E-state index in [9.17, 15) is 0 Å². The molecule has 2 saturated carbocycles. The fourth-order valence-electron chi connectivity index (χ4n) is 4.79.